The number of aliphatic hydroxyl groups excluding tert-OH is 4. The molecule has 0 aromatic heterocycles. The first-order valence-corrected chi connectivity index (χ1v) is 10.5. The van der Waals surface area contributed by atoms with E-state index >= 15 is 0 Å². The molecule has 4 N–H and O–H groups in total. The zero-order valence-corrected chi connectivity index (χ0v) is 16.8. The van der Waals surface area contributed by atoms with E-state index in [1.165, 1.54) is 44.9 Å². The standard InChI is InChI=1S/C20H36O8/c1-2-3-4-5-6-7-8-9-10-11-12-13-14(21)27-20(26)18-16(23)15(22)17(24)19(25)28-18/h15-19,22-25H,2-13H2,1H3/t15-,16-,17+,18-,19+/m0/s1. The van der Waals surface area contributed by atoms with Crippen LogP contribution in [0.3, 0.4) is 0 Å². The van der Waals surface area contributed by atoms with E-state index < -0.39 is 42.6 Å². The Morgan fingerprint density at radius 2 is 1.25 bits per heavy atom. The molecule has 0 aromatic rings. The van der Waals surface area contributed by atoms with Crippen LogP contribution in [0.4, 0.5) is 0 Å². The Bertz CT molecular complexity index is 455. The van der Waals surface area contributed by atoms with Crippen LogP contribution in [0, 0.1) is 0 Å². The summed E-state index contributed by atoms with van der Waals surface area (Å²) in [5.41, 5.74) is 0. The molecule has 1 rings (SSSR count). The molecule has 0 aliphatic carbocycles. The molecule has 1 fully saturated rings. The van der Waals surface area contributed by atoms with Gasteiger partial charge in [0, 0.05) is 6.42 Å². The first-order chi connectivity index (χ1) is 13.4. The molecule has 1 saturated heterocycles. The van der Waals surface area contributed by atoms with Crippen molar-refractivity contribution in [1.29, 1.82) is 0 Å². The van der Waals surface area contributed by atoms with Gasteiger partial charge in [-0.15, -0.1) is 0 Å². The van der Waals surface area contributed by atoms with Crippen molar-refractivity contribution in [1.82, 2.24) is 0 Å². The molecule has 164 valence electrons. The number of esters is 2. The van der Waals surface area contributed by atoms with Gasteiger partial charge in [-0.25, -0.2) is 4.79 Å². The molecule has 0 radical (unpaired) electrons. The minimum absolute atomic E-state index is 0.0688. The van der Waals surface area contributed by atoms with Gasteiger partial charge in [0.1, 0.15) is 18.3 Å². The number of rotatable bonds is 13. The molecule has 0 saturated carbocycles. The van der Waals surface area contributed by atoms with Gasteiger partial charge in [0.2, 0.25) is 0 Å². The minimum Gasteiger partial charge on any atom is -0.391 e. The second kappa shape index (κ2) is 14.0. The molecular formula is C20H36O8. The van der Waals surface area contributed by atoms with E-state index in [4.69, 9.17) is 4.74 Å². The van der Waals surface area contributed by atoms with Crippen LogP contribution in [0.2, 0.25) is 0 Å². The summed E-state index contributed by atoms with van der Waals surface area (Å²) in [6, 6.07) is 0. The quantitative estimate of drug-likeness (QED) is 0.206. The third-order valence-corrected chi connectivity index (χ3v) is 5.02. The number of unbranched alkanes of at least 4 members (excludes halogenated alkanes) is 10. The Labute approximate surface area is 166 Å². The highest BCUT2D eigenvalue weighted by molar-refractivity contribution is 5.88. The third kappa shape index (κ3) is 8.96. The van der Waals surface area contributed by atoms with Crippen molar-refractivity contribution >= 4 is 11.9 Å². The van der Waals surface area contributed by atoms with E-state index in [0.29, 0.717) is 6.42 Å². The first kappa shape index (κ1) is 25.0. The van der Waals surface area contributed by atoms with Gasteiger partial charge in [-0.2, -0.15) is 0 Å². The lowest BCUT2D eigenvalue weighted by atomic mass is 9.99. The molecule has 8 heteroatoms. The predicted molar refractivity (Wildman–Crippen MR) is 101 cm³/mol. The highest BCUT2D eigenvalue weighted by Gasteiger charge is 2.47. The van der Waals surface area contributed by atoms with Crippen molar-refractivity contribution in [2.75, 3.05) is 0 Å². The summed E-state index contributed by atoms with van der Waals surface area (Å²) in [6.07, 6.45) is 3.72. The molecule has 0 aromatic carbocycles. The summed E-state index contributed by atoms with van der Waals surface area (Å²) >= 11 is 0. The van der Waals surface area contributed by atoms with Crippen LogP contribution in [0.25, 0.3) is 0 Å². The van der Waals surface area contributed by atoms with Gasteiger partial charge in [-0.3, -0.25) is 4.79 Å². The van der Waals surface area contributed by atoms with Crippen molar-refractivity contribution in [2.45, 2.75) is 115 Å². The van der Waals surface area contributed by atoms with Crippen LogP contribution < -0.4 is 0 Å². The van der Waals surface area contributed by atoms with Crippen LogP contribution in [0.5, 0.6) is 0 Å². The zero-order valence-electron chi connectivity index (χ0n) is 16.8. The SMILES string of the molecule is CCCCCCCCCCCCCC(=O)OC(=O)[C@H]1O[C@@H](O)[C@H](O)[C@@H](O)[C@@H]1O. The lowest BCUT2D eigenvalue weighted by Gasteiger charge is -2.36. The van der Waals surface area contributed by atoms with Crippen molar-refractivity contribution < 1.29 is 39.5 Å². The summed E-state index contributed by atoms with van der Waals surface area (Å²) in [7, 11) is 0. The van der Waals surface area contributed by atoms with Gasteiger partial charge < -0.3 is 29.9 Å². The maximum atomic E-state index is 11.9. The van der Waals surface area contributed by atoms with E-state index in [9.17, 15) is 30.0 Å². The summed E-state index contributed by atoms with van der Waals surface area (Å²) in [6.45, 7) is 2.21. The Morgan fingerprint density at radius 1 is 0.750 bits per heavy atom. The lowest BCUT2D eigenvalue weighted by molar-refractivity contribution is -0.280. The molecular weight excluding hydrogens is 368 g/mol. The topological polar surface area (TPSA) is 134 Å². The van der Waals surface area contributed by atoms with Crippen LogP contribution in [0.15, 0.2) is 0 Å². The Kier molecular flexibility index (Phi) is 12.5. The van der Waals surface area contributed by atoms with Crippen molar-refractivity contribution in [3.63, 3.8) is 0 Å². The summed E-state index contributed by atoms with van der Waals surface area (Å²) in [4.78, 5) is 23.6. The molecule has 5 atom stereocenters. The largest absolute Gasteiger partial charge is 0.391 e. The Morgan fingerprint density at radius 3 is 1.79 bits per heavy atom. The van der Waals surface area contributed by atoms with Crippen LogP contribution in [-0.4, -0.2) is 63.1 Å². The molecule has 1 aliphatic rings. The van der Waals surface area contributed by atoms with E-state index in [1.807, 2.05) is 0 Å². The molecule has 1 heterocycles. The fourth-order valence-electron chi connectivity index (χ4n) is 3.21. The molecule has 1 aliphatic heterocycles. The van der Waals surface area contributed by atoms with Crippen molar-refractivity contribution in [3.8, 4) is 0 Å². The van der Waals surface area contributed by atoms with Crippen molar-refractivity contribution in [2.24, 2.45) is 0 Å². The van der Waals surface area contributed by atoms with Gasteiger partial charge in [0.05, 0.1) is 0 Å². The number of hydrogen-bond acceptors (Lipinski definition) is 8. The summed E-state index contributed by atoms with van der Waals surface area (Å²) < 4.78 is 9.34. The zero-order chi connectivity index (χ0) is 20.9. The van der Waals surface area contributed by atoms with Gasteiger partial charge >= 0.3 is 11.9 Å². The van der Waals surface area contributed by atoms with Crippen LogP contribution in [0.1, 0.15) is 84.0 Å². The lowest BCUT2D eigenvalue weighted by Crippen LogP contribution is -2.60. The van der Waals surface area contributed by atoms with E-state index in [-0.39, 0.29) is 6.42 Å². The summed E-state index contributed by atoms with van der Waals surface area (Å²) in [5, 5.41) is 38.0. The van der Waals surface area contributed by atoms with E-state index in [0.717, 1.165) is 19.3 Å². The van der Waals surface area contributed by atoms with Gasteiger partial charge in [-0.1, -0.05) is 71.1 Å². The second-order valence-electron chi connectivity index (χ2n) is 7.50. The Balaban J connectivity index is 2.09. The number of carbonyl (C=O) groups excluding carboxylic acids is 2. The molecule has 0 amide bonds. The fourth-order valence-corrected chi connectivity index (χ4v) is 3.21. The normalized spacial score (nSPS) is 27.5. The average Bonchev–Trinajstić information content (AvgIpc) is 2.67. The number of hydrogen-bond donors (Lipinski definition) is 4. The molecule has 0 spiro atoms. The number of ether oxygens (including phenoxy) is 2. The molecule has 8 nitrogen and oxygen atoms in total. The van der Waals surface area contributed by atoms with E-state index in [2.05, 4.69) is 11.7 Å². The maximum absolute atomic E-state index is 11.9. The molecule has 0 bridgehead atoms. The smallest absolute Gasteiger partial charge is 0.345 e. The highest BCUT2D eigenvalue weighted by atomic mass is 16.7. The van der Waals surface area contributed by atoms with E-state index in [1.54, 1.807) is 0 Å². The average molecular weight is 404 g/mol. The van der Waals surface area contributed by atoms with Gasteiger partial charge in [0.25, 0.3) is 0 Å². The Hall–Kier alpha value is -1.06. The van der Waals surface area contributed by atoms with Gasteiger partial charge in [-0.05, 0) is 6.42 Å². The monoisotopic (exact) mass is 404 g/mol. The first-order valence-electron chi connectivity index (χ1n) is 10.5. The minimum atomic E-state index is -1.85. The third-order valence-electron chi connectivity index (χ3n) is 5.02. The van der Waals surface area contributed by atoms with Crippen LogP contribution >= 0.6 is 0 Å². The number of carbonyl (C=O) groups is 2. The number of aliphatic hydroxyl groups is 4. The predicted octanol–water partition coefficient (Wildman–Crippen LogP) is 1.56. The fraction of sp³-hybridized carbons (Fsp3) is 0.900. The second-order valence-corrected chi connectivity index (χ2v) is 7.50. The highest BCUT2D eigenvalue weighted by Crippen LogP contribution is 2.21. The van der Waals surface area contributed by atoms with Crippen LogP contribution in [-0.2, 0) is 19.1 Å². The molecule has 0 unspecified atom stereocenters. The summed E-state index contributed by atoms with van der Waals surface area (Å²) in [5.74, 6) is -1.93. The van der Waals surface area contributed by atoms with Crippen molar-refractivity contribution in [3.05, 3.63) is 0 Å². The molecule has 28 heavy (non-hydrogen) atoms. The van der Waals surface area contributed by atoms with Gasteiger partial charge in [0.15, 0.2) is 12.4 Å². The maximum Gasteiger partial charge on any atom is 0.345 e.